The van der Waals surface area contributed by atoms with Gasteiger partial charge in [-0.3, -0.25) is 14.7 Å². The molecule has 0 bridgehead atoms. The molecule has 0 radical (unpaired) electrons. The molecule has 0 aromatic carbocycles. The number of aryl methyl sites for hydroxylation is 1. The fourth-order valence-corrected chi connectivity index (χ4v) is 3.78. The summed E-state index contributed by atoms with van der Waals surface area (Å²) in [5.74, 6) is 1.24. The minimum atomic E-state index is 0.145. The lowest BCUT2D eigenvalue weighted by Crippen LogP contribution is -2.48. The number of rotatable bonds is 6. The van der Waals surface area contributed by atoms with E-state index in [-0.39, 0.29) is 5.91 Å². The molecular weight excluding hydrogens is 362 g/mol. The van der Waals surface area contributed by atoms with Crippen molar-refractivity contribution in [1.29, 1.82) is 0 Å². The lowest BCUT2D eigenvalue weighted by Gasteiger charge is -2.34. The monoisotopic (exact) mass is 383 g/mol. The van der Waals surface area contributed by atoms with Gasteiger partial charge in [-0.1, -0.05) is 11.2 Å². The first-order chi connectivity index (χ1) is 13.3. The molecule has 3 aromatic heterocycles. The molecule has 0 spiro atoms. The Balaban J connectivity index is 1.23. The van der Waals surface area contributed by atoms with Gasteiger partial charge in [-0.15, -0.1) is 0 Å². The third-order valence-corrected chi connectivity index (χ3v) is 5.34. The number of amides is 1. The third kappa shape index (κ3) is 4.58. The topological polar surface area (TPSA) is 75.4 Å². The van der Waals surface area contributed by atoms with Gasteiger partial charge < -0.3 is 9.42 Å². The maximum atomic E-state index is 12.5. The van der Waals surface area contributed by atoms with E-state index < -0.39 is 0 Å². The molecule has 0 unspecified atom stereocenters. The molecule has 4 rings (SSSR count). The molecule has 27 heavy (non-hydrogen) atoms. The number of carbonyl (C=O) groups excluding carboxylic acids is 1. The molecule has 0 saturated carbocycles. The normalized spacial score (nSPS) is 15.2. The largest absolute Gasteiger partial charge is 0.340 e. The van der Waals surface area contributed by atoms with Crippen LogP contribution in [0.1, 0.15) is 17.9 Å². The quantitative estimate of drug-likeness (QED) is 0.651. The van der Waals surface area contributed by atoms with Crippen molar-refractivity contribution < 1.29 is 9.32 Å². The zero-order valence-corrected chi connectivity index (χ0v) is 15.8. The zero-order valence-electron chi connectivity index (χ0n) is 15.0. The van der Waals surface area contributed by atoms with Crippen LogP contribution in [0.5, 0.6) is 0 Å². The molecule has 7 nitrogen and oxygen atoms in total. The summed E-state index contributed by atoms with van der Waals surface area (Å²) in [4.78, 5) is 25.3. The molecule has 0 aliphatic carbocycles. The number of hydrogen-bond donors (Lipinski definition) is 0. The van der Waals surface area contributed by atoms with Gasteiger partial charge in [-0.05, 0) is 23.1 Å². The van der Waals surface area contributed by atoms with Gasteiger partial charge in [-0.25, -0.2) is 0 Å². The van der Waals surface area contributed by atoms with Crippen molar-refractivity contribution in [2.24, 2.45) is 0 Å². The smallest absolute Gasteiger partial charge is 0.227 e. The highest BCUT2D eigenvalue weighted by atomic mass is 32.1. The molecule has 140 valence electrons. The minimum Gasteiger partial charge on any atom is -0.340 e. The minimum absolute atomic E-state index is 0.145. The molecule has 1 saturated heterocycles. The Morgan fingerprint density at radius 1 is 1.22 bits per heavy atom. The Hall–Kier alpha value is -2.58. The van der Waals surface area contributed by atoms with Gasteiger partial charge in [0.2, 0.25) is 17.6 Å². The van der Waals surface area contributed by atoms with Crippen molar-refractivity contribution in [3.05, 3.63) is 52.8 Å². The number of pyridine rings is 1. The second-order valence-electron chi connectivity index (χ2n) is 6.54. The van der Waals surface area contributed by atoms with Crippen LogP contribution in [0, 0.1) is 0 Å². The summed E-state index contributed by atoms with van der Waals surface area (Å²) in [6.45, 7) is 4.14. The van der Waals surface area contributed by atoms with Crippen LogP contribution in [0.3, 0.4) is 0 Å². The molecule has 4 heterocycles. The highest BCUT2D eigenvalue weighted by Gasteiger charge is 2.21. The molecule has 1 amide bonds. The number of hydrogen-bond acceptors (Lipinski definition) is 7. The number of piperazine rings is 1. The average molecular weight is 383 g/mol. The third-order valence-electron chi connectivity index (χ3n) is 4.65. The summed E-state index contributed by atoms with van der Waals surface area (Å²) < 4.78 is 5.27. The average Bonchev–Trinajstić information content (AvgIpc) is 3.39. The van der Waals surface area contributed by atoms with Crippen LogP contribution in [0.4, 0.5) is 0 Å². The van der Waals surface area contributed by atoms with E-state index in [9.17, 15) is 4.79 Å². The predicted molar refractivity (Wildman–Crippen MR) is 102 cm³/mol. The first-order valence-corrected chi connectivity index (χ1v) is 9.96. The van der Waals surface area contributed by atoms with E-state index >= 15 is 0 Å². The number of thiophene rings is 1. The van der Waals surface area contributed by atoms with Crippen LogP contribution in [-0.2, 0) is 17.8 Å². The molecule has 8 heteroatoms. The maximum absolute atomic E-state index is 12.5. The highest BCUT2D eigenvalue weighted by molar-refractivity contribution is 7.08. The fourth-order valence-electron chi connectivity index (χ4n) is 3.14. The van der Waals surface area contributed by atoms with Gasteiger partial charge in [-0.2, -0.15) is 16.3 Å². The van der Waals surface area contributed by atoms with Crippen LogP contribution < -0.4 is 0 Å². The molecule has 1 aliphatic heterocycles. The van der Waals surface area contributed by atoms with Crippen LogP contribution >= 0.6 is 11.3 Å². The SMILES string of the molecule is O=C(CCc1nc(-c2ccsc2)no1)N1CCN(Cc2cccnc2)CC1. The molecule has 0 atom stereocenters. The Kier molecular flexibility index (Phi) is 5.55. The molecule has 0 N–H and O–H groups in total. The van der Waals surface area contributed by atoms with E-state index in [2.05, 4.69) is 26.1 Å². The van der Waals surface area contributed by atoms with E-state index in [0.717, 1.165) is 38.3 Å². The van der Waals surface area contributed by atoms with Crippen LogP contribution in [0.25, 0.3) is 11.4 Å². The van der Waals surface area contributed by atoms with E-state index in [0.29, 0.717) is 24.6 Å². The van der Waals surface area contributed by atoms with E-state index in [1.807, 2.05) is 34.0 Å². The molecular formula is C19H21N5O2S. The molecule has 3 aromatic rings. The Bertz CT molecular complexity index is 857. The van der Waals surface area contributed by atoms with Gasteiger partial charge in [0.1, 0.15) is 0 Å². The zero-order chi connectivity index (χ0) is 18.5. The summed E-state index contributed by atoms with van der Waals surface area (Å²) in [6.07, 6.45) is 4.55. The molecule has 1 fully saturated rings. The first kappa shape index (κ1) is 17.8. The van der Waals surface area contributed by atoms with E-state index in [4.69, 9.17) is 4.52 Å². The Morgan fingerprint density at radius 3 is 2.85 bits per heavy atom. The van der Waals surface area contributed by atoms with E-state index in [1.165, 1.54) is 5.56 Å². The summed E-state index contributed by atoms with van der Waals surface area (Å²) in [5.41, 5.74) is 2.15. The number of aromatic nitrogens is 3. The van der Waals surface area contributed by atoms with Crippen molar-refractivity contribution in [3.63, 3.8) is 0 Å². The summed E-state index contributed by atoms with van der Waals surface area (Å²) in [5, 5.41) is 7.93. The van der Waals surface area contributed by atoms with Gasteiger partial charge in [0, 0.05) is 68.9 Å². The van der Waals surface area contributed by atoms with Crippen LogP contribution in [-0.4, -0.2) is 57.0 Å². The van der Waals surface area contributed by atoms with Crippen molar-refractivity contribution in [3.8, 4) is 11.4 Å². The van der Waals surface area contributed by atoms with Crippen molar-refractivity contribution in [2.75, 3.05) is 26.2 Å². The fraction of sp³-hybridized carbons (Fsp3) is 0.368. The first-order valence-electron chi connectivity index (χ1n) is 9.02. The van der Waals surface area contributed by atoms with Gasteiger partial charge in [0.05, 0.1) is 0 Å². The lowest BCUT2D eigenvalue weighted by atomic mass is 10.2. The van der Waals surface area contributed by atoms with Crippen molar-refractivity contribution in [1.82, 2.24) is 24.9 Å². The summed E-state index contributed by atoms with van der Waals surface area (Å²) in [7, 11) is 0. The molecule has 1 aliphatic rings. The van der Waals surface area contributed by atoms with Crippen LogP contribution in [0.2, 0.25) is 0 Å². The number of nitrogens with zero attached hydrogens (tertiary/aromatic N) is 5. The standard InChI is InChI=1S/C19H21N5O2S/c25-18(4-3-17-21-19(22-26-17)16-5-11-27-14-16)24-9-7-23(8-10-24)13-15-2-1-6-20-12-15/h1-2,5-6,11-12,14H,3-4,7-10,13H2. The van der Waals surface area contributed by atoms with Gasteiger partial charge >= 0.3 is 0 Å². The Morgan fingerprint density at radius 2 is 2.11 bits per heavy atom. The highest BCUT2D eigenvalue weighted by Crippen LogP contribution is 2.19. The maximum Gasteiger partial charge on any atom is 0.227 e. The van der Waals surface area contributed by atoms with Gasteiger partial charge in [0.25, 0.3) is 0 Å². The van der Waals surface area contributed by atoms with E-state index in [1.54, 1.807) is 17.5 Å². The van der Waals surface area contributed by atoms with Crippen molar-refractivity contribution in [2.45, 2.75) is 19.4 Å². The lowest BCUT2D eigenvalue weighted by molar-refractivity contribution is -0.133. The predicted octanol–water partition coefficient (Wildman–Crippen LogP) is 2.47. The second kappa shape index (κ2) is 8.41. The van der Waals surface area contributed by atoms with Crippen LogP contribution in [0.15, 0.2) is 45.9 Å². The Labute approximate surface area is 161 Å². The van der Waals surface area contributed by atoms with Crippen molar-refractivity contribution >= 4 is 17.2 Å². The second-order valence-corrected chi connectivity index (χ2v) is 7.32. The van der Waals surface area contributed by atoms with Gasteiger partial charge in [0.15, 0.2) is 0 Å². The summed E-state index contributed by atoms with van der Waals surface area (Å²) in [6, 6.07) is 5.99. The number of carbonyl (C=O) groups is 1. The summed E-state index contributed by atoms with van der Waals surface area (Å²) >= 11 is 1.59.